The fourth-order valence-corrected chi connectivity index (χ4v) is 3.66. The molecule has 0 amide bonds. The lowest BCUT2D eigenvalue weighted by molar-refractivity contribution is 0.0894. The van der Waals surface area contributed by atoms with Crippen LogP contribution in [0, 0.1) is 0 Å². The van der Waals surface area contributed by atoms with Gasteiger partial charge >= 0.3 is 0 Å². The maximum absolute atomic E-state index is 13.3. The number of hydrogen-bond acceptors (Lipinski definition) is 2. The van der Waals surface area contributed by atoms with Crippen molar-refractivity contribution in [2.24, 2.45) is 0 Å². The summed E-state index contributed by atoms with van der Waals surface area (Å²) in [7, 11) is 0. The fourth-order valence-electron chi connectivity index (χ4n) is 3.66. The monoisotopic (exact) mass is 448 g/mol. The van der Waals surface area contributed by atoms with E-state index in [0.29, 0.717) is 11.1 Å². The van der Waals surface area contributed by atoms with E-state index in [0.717, 1.165) is 22.3 Å². The van der Waals surface area contributed by atoms with Crippen LogP contribution in [0.2, 0.25) is 0 Å². The lowest BCUT2D eigenvalue weighted by Gasteiger charge is -2.26. The highest BCUT2D eigenvalue weighted by atomic mass is 16.1. The molecule has 0 radical (unpaired) electrons. The molecule has 0 aliphatic carbocycles. The molecule has 0 atom stereocenters. The van der Waals surface area contributed by atoms with E-state index >= 15 is 0 Å². The zero-order valence-corrected chi connectivity index (χ0v) is 23.0. The van der Waals surface area contributed by atoms with Crippen molar-refractivity contribution in [1.29, 1.82) is 0 Å². The van der Waals surface area contributed by atoms with Crippen molar-refractivity contribution >= 4 is 11.6 Å². The highest BCUT2D eigenvalue weighted by Gasteiger charge is 2.25. The SMILES string of the molecule is CC(C)(C)c1cc(C(=O)CC(=O)c2cc(C(C)(C)C)cc(C(C)(C)C)c2)cc(C(C)(C)C)c1. The number of hydrogen-bond donors (Lipinski definition) is 0. The third-order valence-corrected chi connectivity index (χ3v) is 6.30. The molecule has 2 nitrogen and oxygen atoms in total. The van der Waals surface area contributed by atoms with E-state index in [4.69, 9.17) is 0 Å². The first kappa shape index (κ1) is 27.0. The van der Waals surface area contributed by atoms with Crippen LogP contribution in [-0.2, 0) is 21.7 Å². The average Bonchev–Trinajstić information content (AvgIpc) is 2.64. The summed E-state index contributed by atoms with van der Waals surface area (Å²) in [5.74, 6) is -0.231. The highest BCUT2D eigenvalue weighted by molar-refractivity contribution is 6.13. The number of ketones is 2. The van der Waals surface area contributed by atoms with Crippen LogP contribution < -0.4 is 0 Å². The van der Waals surface area contributed by atoms with E-state index in [1.807, 2.05) is 24.3 Å². The van der Waals surface area contributed by atoms with E-state index in [1.54, 1.807) is 0 Å². The molecule has 2 heteroatoms. The summed E-state index contributed by atoms with van der Waals surface area (Å²) < 4.78 is 0. The number of benzene rings is 2. The van der Waals surface area contributed by atoms with Gasteiger partial charge in [-0.1, -0.05) is 95.2 Å². The molecule has 2 rings (SSSR count). The Kier molecular flexibility index (Phi) is 7.25. The van der Waals surface area contributed by atoms with Crippen LogP contribution >= 0.6 is 0 Å². The summed E-state index contributed by atoms with van der Waals surface area (Å²) in [6.07, 6.45) is -0.117. The van der Waals surface area contributed by atoms with E-state index in [9.17, 15) is 9.59 Å². The van der Waals surface area contributed by atoms with Crippen molar-refractivity contribution in [1.82, 2.24) is 0 Å². The zero-order valence-electron chi connectivity index (χ0n) is 23.0. The standard InChI is InChI=1S/C31H44O2/c1-28(2,3)22-13-20(14-23(17-22)29(4,5)6)26(32)19-27(33)21-15-24(30(7,8)9)18-25(16-21)31(10,11)12/h13-18H,19H2,1-12H3. The first-order valence-electron chi connectivity index (χ1n) is 12.1. The quantitative estimate of drug-likeness (QED) is 0.348. The smallest absolute Gasteiger partial charge is 0.170 e. The Morgan fingerprint density at radius 1 is 0.455 bits per heavy atom. The van der Waals surface area contributed by atoms with Crippen molar-refractivity contribution < 1.29 is 9.59 Å². The van der Waals surface area contributed by atoms with Gasteiger partial charge in [0.05, 0.1) is 6.42 Å². The van der Waals surface area contributed by atoms with E-state index < -0.39 is 0 Å². The van der Waals surface area contributed by atoms with Gasteiger partial charge in [0, 0.05) is 11.1 Å². The Morgan fingerprint density at radius 2 is 0.667 bits per heavy atom. The lowest BCUT2D eigenvalue weighted by Crippen LogP contribution is -2.20. The minimum atomic E-state index is -0.117. The molecule has 0 fully saturated rings. The van der Waals surface area contributed by atoms with Crippen LogP contribution in [0.25, 0.3) is 0 Å². The molecule has 0 spiro atoms. The predicted octanol–water partition coefficient (Wildman–Crippen LogP) is 8.33. The minimum Gasteiger partial charge on any atom is -0.294 e. The molecule has 0 aliphatic heterocycles. The lowest BCUT2D eigenvalue weighted by atomic mass is 9.78. The molecule has 180 valence electrons. The predicted molar refractivity (Wildman–Crippen MR) is 141 cm³/mol. The van der Waals surface area contributed by atoms with Crippen molar-refractivity contribution in [3.8, 4) is 0 Å². The highest BCUT2D eigenvalue weighted by Crippen LogP contribution is 2.32. The minimum absolute atomic E-state index is 0.0804. The van der Waals surface area contributed by atoms with Crippen LogP contribution in [0.5, 0.6) is 0 Å². The van der Waals surface area contributed by atoms with Gasteiger partial charge in [-0.2, -0.15) is 0 Å². The van der Waals surface area contributed by atoms with Gasteiger partial charge in [0.15, 0.2) is 11.6 Å². The third-order valence-electron chi connectivity index (χ3n) is 6.30. The normalized spacial score (nSPS) is 13.2. The largest absolute Gasteiger partial charge is 0.294 e. The summed E-state index contributed by atoms with van der Waals surface area (Å²) in [4.78, 5) is 26.7. The summed E-state index contributed by atoms with van der Waals surface area (Å²) in [5, 5.41) is 0. The molecule has 2 aromatic carbocycles. The number of carbonyl (C=O) groups excluding carboxylic acids is 2. The molecule has 0 heterocycles. The van der Waals surface area contributed by atoms with Crippen LogP contribution in [0.3, 0.4) is 0 Å². The molecule has 0 saturated heterocycles. The van der Waals surface area contributed by atoms with Gasteiger partial charge in [0.1, 0.15) is 0 Å². The second-order valence-electron chi connectivity index (χ2n) is 13.6. The topological polar surface area (TPSA) is 34.1 Å². The van der Waals surface area contributed by atoms with Crippen molar-refractivity contribution in [3.63, 3.8) is 0 Å². The summed E-state index contributed by atoms with van der Waals surface area (Å²) in [5.41, 5.74) is 5.42. The van der Waals surface area contributed by atoms with Crippen LogP contribution in [-0.4, -0.2) is 11.6 Å². The Labute approximate surface area is 202 Å². The average molecular weight is 449 g/mol. The summed E-state index contributed by atoms with van der Waals surface area (Å²) >= 11 is 0. The molecule has 0 N–H and O–H groups in total. The van der Waals surface area contributed by atoms with E-state index in [2.05, 4.69) is 95.2 Å². The van der Waals surface area contributed by atoms with E-state index in [-0.39, 0.29) is 39.6 Å². The second-order valence-corrected chi connectivity index (χ2v) is 13.6. The summed E-state index contributed by atoms with van der Waals surface area (Å²) in [6, 6.07) is 12.3. The Bertz CT molecular complexity index is 892. The van der Waals surface area contributed by atoms with Gasteiger partial charge in [-0.05, 0) is 68.2 Å². The number of carbonyl (C=O) groups is 2. The molecule has 2 aromatic rings. The number of Topliss-reactive ketones (excluding diaryl/α,β-unsaturated/α-hetero) is 2. The van der Waals surface area contributed by atoms with Gasteiger partial charge in [-0.15, -0.1) is 0 Å². The molecule has 0 aliphatic rings. The molecule has 0 unspecified atom stereocenters. The molecule has 33 heavy (non-hydrogen) atoms. The van der Waals surface area contributed by atoms with Crippen molar-refractivity contribution in [2.45, 2.75) is 111 Å². The van der Waals surface area contributed by atoms with Gasteiger partial charge < -0.3 is 0 Å². The Hall–Kier alpha value is -2.22. The Balaban J connectivity index is 2.49. The van der Waals surface area contributed by atoms with Crippen LogP contribution in [0.4, 0.5) is 0 Å². The maximum Gasteiger partial charge on any atom is 0.170 e. The Morgan fingerprint density at radius 3 is 0.848 bits per heavy atom. The second kappa shape index (κ2) is 8.85. The summed E-state index contributed by atoms with van der Waals surface area (Å²) in [6.45, 7) is 25.8. The fraction of sp³-hybridized carbons (Fsp3) is 0.548. The zero-order chi connectivity index (χ0) is 25.6. The van der Waals surface area contributed by atoms with Gasteiger partial charge in [0.25, 0.3) is 0 Å². The van der Waals surface area contributed by atoms with Crippen LogP contribution in [0.1, 0.15) is 132 Å². The molecule has 0 saturated carbocycles. The van der Waals surface area contributed by atoms with Gasteiger partial charge in [0.2, 0.25) is 0 Å². The van der Waals surface area contributed by atoms with Crippen molar-refractivity contribution in [2.75, 3.05) is 0 Å². The van der Waals surface area contributed by atoms with Gasteiger partial charge in [-0.3, -0.25) is 9.59 Å². The van der Waals surface area contributed by atoms with Crippen molar-refractivity contribution in [3.05, 3.63) is 69.8 Å². The maximum atomic E-state index is 13.3. The molecular weight excluding hydrogens is 404 g/mol. The third kappa shape index (κ3) is 6.88. The van der Waals surface area contributed by atoms with E-state index in [1.165, 1.54) is 0 Å². The number of rotatable bonds is 4. The molecular formula is C31H44O2. The molecule has 0 bridgehead atoms. The van der Waals surface area contributed by atoms with Gasteiger partial charge in [-0.25, -0.2) is 0 Å². The first-order valence-corrected chi connectivity index (χ1v) is 12.1. The van der Waals surface area contributed by atoms with Crippen LogP contribution in [0.15, 0.2) is 36.4 Å². The molecule has 0 aromatic heterocycles. The first-order chi connectivity index (χ1) is 14.7.